The van der Waals surface area contributed by atoms with Crippen molar-refractivity contribution in [3.05, 3.63) is 122 Å². The smallest absolute Gasteiger partial charge is 0.462 e. The van der Waals surface area contributed by atoms with E-state index in [1.54, 1.807) is 0 Å². The van der Waals surface area contributed by atoms with Crippen LogP contribution in [0, 0.1) is 0 Å². The number of carbonyl (C=O) groups excluding carboxylic acids is 4. The van der Waals surface area contributed by atoms with Crippen molar-refractivity contribution in [3.8, 4) is 0 Å². The Balaban J connectivity index is 5.41. The third-order valence-corrected chi connectivity index (χ3v) is 18.8. The van der Waals surface area contributed by atoms with E-state index in [4.69, 9.17) is 37.0 Å². The van der Waals surface area contributed by atoms with Crippen molar-refractivity contribution in [1.29, 1.82) is 0 Å². The third-order valence-electron chi connectivity index (χ3n) is 16.9. The molecule has 0 aliphatic rings. The van der Waals surface area contributed by atoms with E-state index in [1.807, 2.05) is 0 Å². The van der Waals surface area contributed by atoms with Crippen LogP contribution in [0.5, 0.6) is 0 Å². The van der Waals surface area contributed by atoms with Gasteiger partial charge in [-0.1, -0.05) is 271 Å². The molecule has 5 unspecified atom stereocenters. The Kier molecular flexibility index (Phi) is 73.3. The first-order valence-corrected chi connectivity index (χ1v) is 43.8. The zero-order valence-corrected chi connectivity index (χ0v) is 67.2. The summed E-state index contributed by atoms with van der Waals surface area (Å²) in [4.78, 5) is 73.1. The maximum atomic E-state index is 13.1. The van der Waals surface area contributed by atoms with Crippen LogP contribution in [0.2, 0.25) is 0 Å². The van der Waals surface area contributed by atoms with E-state index in [0.29, 0.717) is 32.1 Å². The van der Waals surface area contributed by atoms with Crippen molar-refractivity contribution < 1.29 is 80.2 Å². The molecular weight excluding hydrogens is 1350 g/mol. The number of ether oxygens (including phenoxy) is 4. The summed E-state index contributed by atoms with van der Waals surface area (Å²) >= 11 is 0. The Morgan fingerprint density at radius 2 is 0.500 bits per heavy atom. The van der Waals surface area contributed by atoms with Crippen LogP contribution in [-0.2, 0) is 65.4 Å². The minimum Gasteiger partial charge on any atom is -0.462 e. The minimum absolute atomic E-state index is 0.0372. The Morgan fingerprint density at radius 1 is 0.279 bits per heavy atom. The Morgan fingerprint density at radius 3 is 0.817 bits per heavy atom. The van der Waals surface area contributed by atoms with Crippen molar-refractivity contribution in [2.24, 2.45) is 0 Å². The monoisotopic (exact) mass is 1500 g/mol. The van der Waals surface area contributed by atoms with Gasteiger partial charge in [0.25, 0.3) is 0 Å². The van der Waals surface area contributed by atoms with Crippen LogP contribution in [-0.4, -0.2) is 96.7 Å². The van der Waals surface area contributed by atoms with Gasteiger partial charge >= 0.3 is 39.5 Å². The van der Waals surface area contributed by atoms with Crippen LogP contribution >= 0.6 is 15.6 Å². The quantitative estimate of drug-likeness (QED) is 0.0169. The first-order chi connectivity index (χ1) is 50.7. The molecule has 0 saturated carbocycles. The van der Waals surface area contributed by atoms with E-state index < -0.39 is 97.5 Å². The van der Waals surface area contributed by atoms with Gasteiger partial charge in [0.1, 0.15) is 19.3 Å². The molecule has 0 spiro atoms. The van der Waals surface area contributed by atoms with E-state index >= 15 is 0 Å². The number of hydrogen-bond donors (Lipinski definition) is 3. The normalized spacial score (nSPS) is 14.5. The van der Waals surface area contributed by atoms with Crippen molar-refractivity contribution >= 4 is 39.5 Å². The number of unbranched alkanes of at least 4 members (excludes halogenated alkanes) is 30. The molecule has 3 N–H and O–H groups in total. The number of aliphatic hydroxyl groups is 1. The molecule has 0 aromatic carbocycles. The minimum atomic E-state index is -5.00. The topological polar surface area (TPSA) is 237 Å². The molecule has 598 valence electrons. The molecule has 0 radical (unpaired) electrons. The fourth-order valence-corrected chi connectivity index (χ4v) is 12.2. The van der Waals surface area contributed by atoms with Crippen LogP contribution < -0.4 is 0 Å². The van der Waals surface area contributed by atoms with E-state index in [1.165, 1.54) is 77.0 Å². The third kappa shape index (κ3) is 75.7. The summed E-state index contributed by atoms with van der Waals surface area (Å²) in [5.41, 5.74) is 0. The van der Waals surface area contributed by atoms with Crippen molar-refractivity contribution in [2.75, 3.05) is 39.6 Å². The molecule has 0 aromatic heterocycles. The SMILES string of the molecule is CC/C=C\C/C=C\C/C=C\C/C=C\CCCCC(=O)OC(COC(=O)CCCCCCCC/C=C\C/C=C\C/C=C\CCCCC)COP(=O)(O)OCC(O)COP(=O)(O)OCC(COC(=O)CCCCCCC/C=C\C/C=C\CCCCC)OC(=O)CCCCCCC/C=C\CCCCCCCC. The number of carbonyl (C=O) groups is 4. The largest absolute Gasteiger partial charge is 0.472 e. The Bertz CT molecular complexity index is 2440. The Labute approximate surface area is 632 Å². The van der Waals surface area contributed by atoms with Gasteiger partial charge in [0.05, 0.1) is 26.4 Å². The Hall–Kier alpha value is -4.54. The predicted octanol–water partition coefficient (Wildman–Crippen LogP) is 23.9. The molecule has 0 aromatic rings. The summed E-state index contributed by atoms with van der Waals surface area (Å²) in [5, 5.41) is 10.6. The molecule has 0 heterocycles. The van der Waals surface area contributed by atoms with Crippen LogP contribution in [0.3, 0.4) is 0 Å². The summed E-state index contributed by atoms with van der Waals surface area (Å²) in [6.07, 6.45) is 84.6. The second-order valence-corrected chi connectivity index (χ2v) is 29.9. The molecule has 0 saturated heterocycles. The predicted molar refractivity (Wildman–Crippen MR) is 427 cm³/mol. The standard InChI is InChI=1S/C85H146O17P2/c1-5-9-13-17-21-25-29-33-37-38-39-40-44-46-50-54-58-62-66-70-83(88)96-76-81(102-85(90)72-68-64-60-56-52-48-43-36-32-28-24-20-16-12-8-4)78-100-104(93,94)98-74-79(86)73-97-103(91,92)99-77-80(101-84(89)71-67-63-59-55-51-47-42-35-31-27-23-19-15-11-7-3)75-95-82(87)69-65-61-57-53-49-45-41-34-30-26-22-18-14-10-6-2/h12,16,21-22,24-26,28,33-37,39-43,52,56,79-81,86H,5-11,13-15,17-20,23,27,29-32,38,44-51,53-55,57-78H2,1-4H3,(H,91,92)(H,93,94)/b16-12-,25-21-,26-22-,28-24-,37-33-,40-39-,41-34-,42-35-,43-36-,56-52-. The summed E-state index contributed by atoms with van der Waals surface area (Å²) in [6.45, 7) is 4.64. The van der Waals surface area contributed by atoms with Gasteiger partial charge < -0.3 is 33.8 Å². The lowest BCUT2D eigenvalue weighted by Crippen LogP contribution is -2.30. The van der Waals surface area contributed by atoms with Crippen LogP contribution in [0.25, 0.3) is 0 Å². The molecule has 17 nitrogen and oxygen atoms in total. The molecular formula is C85H146O17P2. The summed E-state index contributed by atoms with van der Waals surface area (Å²) in [7, 11) is -9.98. The molecule has 5 atom stereocenters. The molecule has 0 fully saturated rings. The highest BCUT2D eigenvalue weighted by Crippen LogP contribution is 2.45. The van der Waals surface area contributed by atoms with Crippen molar-refractivity contribution in [3.63, 3.8) is 0 Å². The summed E-state index contributed by atoms with van der Waals surface area (Å²) in [5.74, 6) is -2.25. The fourth-order valence-electron chi connectivity index (χ4n) is 10.7. The summed E-state index contributed by atoms with van der Waals surface area (Å²) < 4.78 is 68.6. The first kappa shape index (κ1) is 99.5. The zero-order chi connectivity index (χ0) is 76.0. The second kappa shape index (κ2) is 76.6. The van der Waals surface area contributed by atoms with Gasteiger partial charge in [-0.15, -0.1) is 0 Å². The zero-order valence-electron chi connectivity index (χ0n) is 65.4. The van der Waals surface area contributed by atoms with E-state index in [9.17, 15) is 43.2 Å². The molecule has 0 aliphatic carbocycles. The van der Waals surface area contributed by atoms with Crippen LogP contribution in [0.15, 0.2) is 122 Å². The van der Waals surface area contributed by atoms with Gasteiger partial charge in [0, 0.05) is 25.7 Å². The van der Waals surface area contributed by atoms with Crippen molar-refractivity contribution in [2.45, 2.75) is 354 Å². The number of allylic oxidation sites excluding steroid dienone is 20. The molecule has 19 heteroatoms. The molecule has 0 bridgehead atoms. The summed E-state index contributed by atoms with van der Waals surface area (Å²) in [6, 6.07) is 0. The lowest BCUT2D eigenvalue weighted by molar-refractivity contribution is -0.161. The number of aliphatic hydroxyl groups excluding tert-OH is 1. The fraction of sp³-hybridized carbons (Fsp3) is 0.718. The first-order valence-electron chi connectivity index (χ1n) is 40.8. The average Bonchev–Trinajstić information content (AvgIpc) is 0.999. The van der Waals surface area contributed by atoms with Crippen LogP contribution in [0.4, 0.5) is 0 Å². The molecule has 104 heavy (non-hydrogen) atoms. The number of rotatable bonds is 76. The number of hydrogen-bond acceptors (Lipinski definition) is 15. The lowest BCUT2D eigenvalue weighted by Gasteiger charge is -2.21. The molecule has 0 amide bonds. The van der Waals surface area contributed by atoms with Gasteiger partial charge in [-0.05, 0) is 161 Å². The van der Waals surface area contributed by atoms with Gasteiger partial charge in [0.15, 0.2) is 12.2 Å². The van der Waals surface area contributed by atoms with Crippen molar-refractivity contribution in [1.82, 2.24) is 0 Å². The van der Waals surface area contributed by atoms with Gasteiger partial charge in [0.2, 0.25) is 0 Å². The lowest BCUT2D eigenvalue weighted by atomic mass is 10.1. The van der Waals surface area contributed by atoms with E-state index in [2.05, 4.69) is 149 Å². The molecule has 0 rings (SSSR count). The molecule has 0 aliphatic heterocycles. The maximum Gasteiger partial charge on any atom is 0.472 e. The number of esters is 4. The number of phosphoric acid groups is 2. The number of phosphoric ester groups is 2. The highest BCUT2D eigenvalue weighted by molar-refractivity contribution is 7.47. The average molecular weight is 1500 g/mol. The second-order valence-electron chi connectivity index (χ2n) is 27.0. The highest BCUT2D eigenvalue weighted by Gasteiger charge is 2.30. The maximum absolute atomic E-state index is 13.1. The van der Waals surface area contributed by atoms with Gasteiger partial charge in [-0.3, -0.25) is 37.3 Å². The highest BCUT2D eigenvalue weighted by atomic mass is 31.2. The van der Waals surface area contributed by atoms with Gasteiger partial charge in [-0.2, -0.15) is 0 Å². The van der Waals surface area contributed by atoms with E-state index in [-0.39, 0.29) is 25.7 Å². The van der Waals surface area contributed by atoms with E-state index in [0.717, 1.165) is 173 Å². The van der Waals surface area contributed by atoms with Gasteiger partial charge in [-0.25, -0.2) is 9.13 Å². The van der Waals surface area contributed by atoms with Crippen LogP contribution in [0.1, 0.15) is 336 Å².